The number of nitrogens with zero attached hydrogens (tertiary/aromatic N) is 2. The molecular weight excluding hydrogens is 356 g/mol. The van der Waals surface area contributed by atoms with E-state index in [0.29, 0.717) is 15.9 Å². The fraction of sp³-hybridized carbons (Fsp3) is 0.727. The molecule has 1 aromatic rings. The second-order valence-corrected chi connectivity index (χ2v) is 9.99. The summed E-state index contributed by atoms with van der Waals surface area (Å²) in [7, 11) is 0. The van der Waals surface area contributed by atoms with E-state index in [4.69, 9.17) is 0 Å². The average molecular weight is 389 g/mol. The van der Waals surface area contributed by atoms with Crippen LogP contribution in [0.2, 0.25) is 0 Å². The summed E-state index contributed by atoms with van der Waals surface area (Å²) in [6.07, 6.45) is 10.7. The van der Waals surface area contributed by atoms with Crippen molar-refractivity contribution in [3.8, 4) is 0 Å². The molecule has 1 amide bonds. The standard InChI is InChI=1S/C22H32N2O2S/c1-17(25)20-12-19(14-27-20)21(26)24-11-9-22(16-24)8-5-10-23(15-22)13-18-6-3-2-4-7-18/h12,14,18H,2-11,13,15-16H2,1H3/t22-/m0/s1. The number of thiophene rings is 1. The molecule has 0 radical (unpaired) electrons. The van der Waals surface area contributed by atoms with E-state index >= 15 is 0 Å². The van der Waals surface area contributed by atoms with Gasteiger partial charge in [0, 0.05) is 37.0 Å². The van der Waals surface area contributed by atoms with Gasteiger partial charge in [0.15, 0.2) is 5.78 Å². The molecule has 2 saturated heterocycles. The van der Waals surface area contributed by atoms with Crippen molar-refractivity contribution in [3.63, 3.8) is 0 Å². The van der Waals surface area contributed by atoms with Crippen molar-refractivity contribution in [2.24, 2.45) is 11.3 Å². The van der Waals surface area contributed by atoms with Gasteiger partial charge >= 0.3 is 0 Å². The largest absolute Gasteiger partial charge is 0.338 e. The summed E-state index contributed by atoms with van der Waals surface area (Å²) in [5.74, 6) is 1.05. The molecule has 1 aliphatic carbocycles. The van der Waals surface area contributed by atoms with Gasteiger partial charge in [-0.3, -0.25) is 9.59 Å². The minimum Gasteiger partial charge on any atom is -0.338 e. The van der Waals surface area contributed by atoms with Crippen molar-refractivity contribution in [2.75, 3.05) is 32.7 Å². The molecule has 0 aromatic carbocycles. The van der Waals surface area contributed by atoms with Crippen molar-refractivity contribution >= 4 is 23.0 Å². The third kappa shape index (κ3) is 4.29. The van der Waals surface area contributed by atoms with Crippen LogP contribution in [-0.2, 0) is 0 Å². The Hall–Kier alpha value is -1.20. The van der Waals surface area contributed by atoms with E-state index in [1.807, 2.05) is 10.3 Å². The second-order valence-electron chi connectivity index (χ2n) is 9.08. The first kappa shape index (κ1) is 19.1. The predicted octanol–water partition coefficient (Wildman–Crippen LogP) is 4.46. The first-order valence-electron chi connectivity index (χ1n) is 10.7. The Morgan fingerprint density at radius 2 is 1.93 bits per heavy atom. The lowest BCUT2D eigenvalue weighted by Gasteiger charge is -2.42. The Bertz CT molecular complexity index is 694. The van der Waals surface area contributed by atoms with Crippen LogP contribution in [0, 0.1) is 11.3 Å². The Morgan fingerprint density at radius 1 is 1.11 bits per heavy atom. The third-order valence-electron chi connectivity index (χ3n) is 6.90. The summed E-state index contributed by atoms with van der Waals surface area (Å²) in [6, 6.07) is 1.77. The molecule has 3 aliphatic rings. The molecule has 4 nitrogen and oxygen atoms in total. The van der Waals surface area contributed by atoms with Crippen molar-refractivity contribution < 1.29 is 9.59 Å². The number of piperidine rings is 1. The van der Waals surface area contributed by atoms with Gasteiger partial charge in [0.25, 0.3) is 5.91 Å². The summed E-state index contributed by atoms with van der Waals surface area (Å²) in [5, 5.41) is 1.85. The minimum atomic E-state index is 0.0441. The lowest BCUT2D eigenvalue weighted by molar-refractivity contribution is 0.0630. The van der Waals surface area contributed by atoms with E-state index in [-0.39, 0.29) is 11.7 Å². The van der Waals surface area contributed by atoms with Gasteiger partial charge in [-0.2, -0.15) is 0 Å². The number of likely N-dealkylation sites (tertiary alicyclic amines) is 2. The van der Waals surface area contributed by atoms with Crippen molar-refractivity contribution in [3.05, 3.63) is 21.9 Å². The van der Waals surface area contributed by atoms with Crippen LogP contribution in [0.25, 0.3) is 0 Å². The Kier molecular flexibility index (Phi) is 5.70. The lowest BCUT2D eigenvalue weighted by Crippen LogP contribution is -2.47. The third-order valence-corrected chi connectivity index (χ3v) is 7.93. The first-order valence-corrected chi connectivity index (χ1v) is 11.5. The molecule has 4 rings (SSSR count). The fourth-order valence-corrected chi connectivity index (χ4v) is 6.24. The van der Waals surface area contributed by atoms with Crippen LogP contribution < -0.4 is 0 Å². The Labute approximate surface area is 166 Å². The van der Waals surface area contributed by atoms with Gasteiger partial charge in [-0.15, -0.1) is 11.3 Å². The van der Waals surface area contributed by atoms with Crippen molar-refractivity contribution in [1.82, 2.24) is 9.80 Å². The molecule has 2 aliphatic heterocycles. The molecule has 0 N–H and O–H groups in total. The number of Topliss-reactive ketones (excluding diaryl/α,β-unsaturated/α-hetero) is 1. The van der Waals surface area contributed by atoms with Crippen LogP contribution >= 0.6 is 11.3 Å². The summed E-state index contributed by atoms with van der Waals surface area (Å²) in [4.78, 5) is 29.9. The molecule has 3 fully saturated rings. The van der Waals surface area contributed by atoms with E-state index in [1.54, 1.807) is 13.0 Å². The predicted molar refractivity (Wildman–Crippen MR) is 110 cm³/mol. The van der Waals surface area contributed by atoms with Gasteiger partial charge in [0.1, 0.15) is 0 Å². The molecule has 1 atom stereocenters. The second kappa shape index (κ2) is 8.04. The highest BCUT2D eigenvalue weighted by molar-refractivity contribution is 7.12. The molecule has 148 valence electrons. The first-order chi connectivity index (χ1) is 13.0. The average Bonchev–Trinajstić information content (AvgIpc) is 3.30. The Balaban J connectivity index is 1.36. The molecule has 1 spiro atoms. The van der Waals surface area contributed by atoms with Gasteiger partial charge in [-0.1, -0.05) is 19.3 Å². The molecular formula is C22H32N2O2S. The quantitative estimate of drug-likeness (QED) is 0.715. The van der Waals surface area contributed by atoms with Crippen molar-refractivity contribution in [1.29, 1.82) is 0 Å². The van der Waals surface area contributed by atoms with Crippen LogP contribution in [0.4, 0.5) is 0 Å². The van der Waals surface area contributed by atoms with Crippen molar-refractivity contribution in [2.45, 2.75) is 58.3 Å². The van der Waals surface area contributed by atoms with E-state index in [9.17, 15) is 9.59 Å². The number of amides is 1. The van der Waals surface area contributed by atoms with Gasteiger partial charge in [0.2, 0.25) is 0 Å². The van der Waals surface area contributed by atoms with Gasteiger partial charge in [0.05, 0.1) is 10.4 Å². The minimum absolute atomic E-state index is 0.0441. The molecule has 1 aromatic heterocycles. The zero-order valence-corrected chi connectivity index (χ0v) is 17.4. The SMILES string of the molecule is CC(=O)c1cc(C(=O)N2CC[C@]3(CCCN(CC4CCCCC4)C3)C2)cs1. The van der Waals surface area contributed by atoms with Crippen LogP contribution in [0.5, 0.6) is 0 Å². The number of carbonyl (C=O) groups is 2. The number of rotatable bonds is 4. The highest BCUT2D eigenvalue weighted by atomic mass is 32.1. The normalized spacial score (nSPS) is 27.4. The molecule has 0 unspecified atom stereocenters. The zero-order valence-electron chi connectivity index (χ0n) is 16.5. The summed E-state index contributed by atoms with van der Waals surface area (Å²) >= 11 is 1.39. The molecule has 0 bridgehead atoms. The monoisotopic (exact) mass is 388 g/mol. The zero-order chi connectivity index (χ0) is 18.9. The number of carbonyl (C=O) groups excluding carboxylic acids is 2. The lowest BCUT2D eigenvalue weighted by atomic mass is 9.78. The van der Waals surface area contributed by atoms with Crippen LogP contribution in [0.3, 0.4) is 0 Å². The maximum atomic E-state index is 12.9. The highest BCUT2D eigenvalue weighted by Gasteiger charge is 2.43. The number of hydrogen-bond donors (Lipinski definition) is 0. The van der Waals surface area contributed by atoms with E-state index in [2.05, 4.69) is 4.90 Å². The number of ketones is 1. The molecule has 1 saturated carbocycles. The van der Waals surface area contributed by atoms with Crippen LogP contribution in [-0.4, -0.2) is 54.2 Å². The Morgan fingerprint density at radius 3 is 2.67 bits per heavy atom. The van der Waals surface area contributed by atoms with E-state index < -0.39 is 0 Å². The van der Waals surface area contributed by atoms with Crippen LogP contribution in [0.1, 0.15) is 78.3 Å². The maximum absolute atomic E-state index is 12.9. The maximum Gasteiger partial charge on any atom is 0.254 e. The molecule has 27 heavy (non-hydrogen) atoms. The molecule has 5 heteroatoms. The summed E-state index contributed by atoms with van der Waals surface area (Å²) in [5.41, 5.74) is 0.985. The van der Waals surface area contributed by atoms with Gasteiger partial charge in [-0.05, 0) is 57.6 Å². The fourth-order valence-electron chi connectivity index (χ4n) is 5.46. The van der Waals surface area contributed by atoms with Gasteiger partial charge in [-0.25, -0.2) is 0 Å². The van der Waals surface area contributed by atoms with E-state index in [0.717, 1.165) is 32.0 Å². The highest BCUT2D eigenvalue weighted by Crippen LogP contribution is 2.40. The summed E-state index contributed by atoms with van der Waals surface area (Å²) < 4.78 is 0. The number of hydrogen-bond acceptors (Lipinski definition) is 4. The van der Waals surface area contributed by atoms with E-state index in [1.165, 1.54) is 69.4 Å². The topological polar surface area (TPSA) is 40.6 Å². The smallest absolute Gasteiger partial charge is 0.254 e. The van der Waals surface area contributed by atoms with Gasteiger partial charge < -0.3 is 9.80 Å². The molecule has 3 heterocycles. The van der Waals surface area contributed by atoms with Crippen LogP contribution in [0.15, 0.2) is 11.4 Å². The summed E-state index contributed by atoms with van der Waals surface area (Å²) in [6.45, 7) is 6.98.